The Bertz CT molecular complexity index is 834. The summed E-state index contributed by atoms with van der Waals surface area (Å²) in [5.74, 6) is -0.836. The number of aliphatic hydroxyl groups is 1. The number of aliphatic hydroxyl groups excluding tert-OH is 1. The Morgan fingerprint density at radius 2 is 1.71 bits per heavy atom. The number of hydrogen-bond donors (Lipinski definition) is 3. The molecule has 3 N–H and O–H groups in total. The largest absolute Gasteiger partial charge is 0.444 e. The van der Waals surface area contributed by atoms with Gasteiger partial charge in [-0.05, 0) is 71.1 Å². The van der Waals surface area contributed by atoms with E-state index in [1.165, 1.54) is 4.90 Å². The number of nitrogens with zero attached hydrogens (tertiary/aromatic N) is 1. The Labute approximate surface area is 204 Å². The van der Waals surface area contributed by atoms with Crippen LogP contribution in [-0.4, -0.2) is 58.8 Å². The average Bonchev–Trinajstić information content (AvgIpc) is 2.72. The van der Waals surface area contributed by atoms with Gasteiger partial charge in [-0.1, -0.05) is 38.5 Å². The van der Waals surface area contributed by atoms with Crippen LogP contribution in [0.15, 0.2) is 18.2 Å². The van der Waals surface area contributed by atoms with Gasteiger partial charge >= 0.3 is 6.09 Å². The Morgan fingerprint density at radius 3 is 2.21 bits per heavy atom. The van der Waals surface area contributed by atoms with E-state index in [-0.39, 0.29) is 18.5 Å². The van der Waals surface area contributed by atoms with Crippen molar-refractivity contribution in [1.82, 2.24) is 15.5 Å². The van der Waals surface area contributed by atoms with Gasteiger partial charge in [0.05, 0.1) is 6.61 Å². The highest BCUT2D eigenvalue weighted by Gasteiger charge is 2.36. The van der Waals surface area contributed by atoms with E-state index in [1.54, 1.807) is 20.8 Å². The predicted molar refractivity (Wildman–Crippen MR) is 133 cm³/mol. The fraction of sp³-hybridized carbons (Fsp3) is 0.654. The molecule has 3 atom stereocenters. The van der Waals surface area contributed by atoms with Gasteiger partial charge in [-0.15, -0.1) is 0 Å². The molecule has 3 amide bonds. The highest BCUT2D eigenvalue weighted by molar-refractivity contribution is 5.92. The van der Waals surface area contributed by atoms with Crippen LogP contribution >= 0.6 is 0 Å². The van der Waals surface area contributed by atoms with Crippen LogP contribution in [0.1, 0.15) is 83.5 Å². The van der Waals surface area contributed by atoms with Gasteiger partial charge in [0, 0.05) is 12.6 Å². The van der Waals surface area contributed by atoms with Gasteiger partial charge in [0.25, 0.3) is 0 Å². The second kappa shape index (κ2) is 13.3. The molecule has 0 saturated carbocycles. The number of amides is 3. The zero-order valence-corrected chi connectivity index (χ0v) is 22.0. The van der Waals surface area contributed by atoms with Crippen LogP contribution in [0.25, 0.3) is 0 Å². The van der Waals surface area contributed by atoms with E-state index >= 15 is 0 Å². The smallest absolute Gasteiger partial charge is 0.408 e. The van der Waals surface area contributed by atoms with Crippen LogP contribution in [0.3, 0.4) is 0 Å². The normalized spacial score (nSPS) is 14.0. The van der Waals surface area contributed by atoms with Crippen LogP contribution in [-0.2, 0) is 14.3 Å². The summed E-state index contributed by atoms with van der Waals surface area (Å²) in [7, 11) is 0. The second-order valence-electron chi connectivity index (χ2n) is 9.86. The summed E-state index contributed by atoms with van der Waals surface area (Å²) in [5.41, 5.74) is 2.01. The molecule has 1 rings (SSSR count). The Hall–Kier alpha value is -2.61. The van der Waals surface area contributed by atoms with Crippen LogP contribution in [0, 0.1) is 13.8 Å². The molecule has 0 aromatic heterocycles. The predicted octanol–water partition coefficient (Wildman–Crippen LogP) is 3.77. The Morgan fingerprint density at radius 1 is 1.06 bits per heavy atom. The molecular formula is C26H43N3O5. The molecule has 0 saturated heterocycles. The molecular weight excluding hydrogens is 434 g/mol. The molecule has 0 bridgehead atoms. The summed E-state index contributed by atoms with van der Waals surface area (Å²) in [6.45, 7) is 14.6. The van der Waals surface area contributed by atoms with Crippen LogP contribution in [0.5, 0.6) is 0 Å². The molecule has 34 heavy (non-hydrogen) atoms. The van der Waals surface area contributed by atoms with E-state index in [0.29, 0.717) is 12.0 Å². The summed E-state index contributed by atoms with van der Waals surface area (Å²) in [4.78, 5) is 40.8. The zero-order chi connectivity index (χ0) is 26.1. The Kier molecular flexibility index (Phi) is 11.5. The van der Waals surface area contributed by atoms with Gasteiger partial charge in [0.2, 0.25) is 11.8 Å². The second-order valence-corrected chi connectivity index (χ2v) is 9.86. The van der Waals surface area contributed by atoms with E-state index in [4.69, 9.17) is 4.74 Å². The fourth-order valence-electron chi connectivity index (χ4n) is 3.68. The molecule has 1 aromatic carbocycles. The van der Waals surface area contributed by atoms with Crippen molar-refractivity contribution in [1.29, 1.82) is 0 Å². The monoisotopic (exact) mass is 477 g/mol. The minimum Gasteiger partial charge on any atom is -0.444 e. The molecule has 3 unspecified atom stereocenters. The number of rotatable bonds is 11. The first-order valence-electron chi connectivity index (χ1n) is 12.1. The molecule has 0 radical (unpaired) electrons. The van der Waals surface area contributed by atoms with Crippen molar-refractivity contribution in [2.75, 3.05) is 13.2 Å². The maximum Gasteiger partial charge on any atom is 0.408 e. The zero-order valence-electron chi connectivity index (χ0n) is 22.0. The van der Waals surface area contributed by atoms with Crippen molar-refractivity contribution in [2.45, 2.75) is 98.4 Å². The lowest BCUT2D eigenvalue weighted by atomic mass is 9.98. The number of ether oxygens (including phenoxy) is 1. The quantitative estimate of drug-likeness (QED) is 0.450. The van der Waals surface area contributed by atoms with Gasteiger partial charge in [0.15, 0.2) is 0 Å². The van der Waals surface area contributed by atoms with Crippen molar-refractivity contribution >= 4 is 17.9 Å². The van der Waals surface area contributed by atoms with E-state index in [2.05, 4.69) is 10.6 Å². The van der Waals surface area contributed by atoms with Crippen molar-refractivity contribution < 1.29 is 24.2 Å². The van der Waals surface area contributed by atoms with Crippen LogP contribution in [0.4, 0.5) is 4.79 Å². The fourth-order valence-corrected chi connectivity index (χ4v) is 3.68. The molecule has 0 spiro atoms. The molecule has 0 aliphatic heterocycles. The summed E-state index contributed by atoms with van der Waals surface area (Å²) < 4.78 is 5.25. The van der Waals surface area contributed by atoms with Crippen molar-refractivity contribution in [3.63, 3.8) is 0 Å². The topological polar surface area (TPSA) is 108 Å². The van der Waals surface area contributed by atoms with E-state index < -0.39 is 36.3 Å². The number of nitrogens with one attached hydrogen (secondary N) is 2. The molecule has 0 fully saturated rings. The molecule has 192 valence electrons. The SMILES string of the molecule is CCCC(C)NC(=O)C(c1ccc(C)c(C)c1)N(CCC)C(=O)C(CO)NC(=O)OC(C)(C)C. The van der Waals surface area contributed by atoms with Crippen LogP contribution in [0.2, 0.25) is 0 Å². The maximum absolute atomic E-state index is 13.6. The molecule has 0 aliphatic carbocycles. The highest BCUT2D eigenvalue weighted by atomic mass is 16.6. The Balaban J connectivity index is 3.37. The van der Waals surface area contributed by atoms with Crippen molar-refractivity contribution in [2.24, 2.45) is 0 Å². The van der Waals surface area contributed by atoms with Gasteiger partial charge in [-0.3, -0.25) is 9.59 Å². The number of hydrogen-bond acceptors (Lipinski definition) is 5. The molecule has 0 heterocycles. The molecule has 0 aliphatic rings. The third-order valence-electron chi connectivity index (χ3n) is 5.44. The number of alkyl carbamates (subject to hydrolysis) is 1. The van der Waals surface area contributed by atoms with Crippen LogP contribution < -0.4 is 10.6 Å². The summed E-state index contributed by atoms with van der Waals surface area (Å²) in [6, 6.07) is 3.49. The maximum atomic E-state index is 13.6. The minimum absolute atomic E-state index is 0.0568. The first-order valence-corrected chi connectivity index (χ1v) is 12.1. The molecule has 8 heteroatoms. The lowest BCUT2D eigenvalue weighted by molar-refractivity contribution is -0.143. The minimum atomic E-state index is -1.24. The van der Waals surface area contributed by atoms with E-state index in [1.807, 2.05) is 52.8 Å². The van der Waals surface area contributed by atoms with E-state index in [9.17, 15) is 19.5 Å². The van der Waals surface area contributed by atoms with Gasteiger partial charge in [-0.25, -0.2) is 4.79 Å². The standard InChI is InChI=1S/C26H43N3O5/c1-9-11-19(5)27-23(31)22(20-13-12-17(3)18(4)15-20)29(14-10-2)24(32)21(16-30)28-25(33)34-26(6,7)8/h12-13,15,19,21-22,30H,9-11,14,16H2,1-8H3,(H,27,31)(H,28,33). The van der Waals surface area contributed by atoms with Gasteiger partial charge < -0.3 is 25.4 Å². The average molecular weight is 478 g/mol. The first kappa shape index (κ1) is 29.4. The van der Waals surface area contributed by atoms with Crippen molar-refractivity contribution in [3.8, 4) is 0 Å². The third-order valence-corrected chi connectivity index (χ3v) is 5.44. The van der Waals surface area contributed by atoms with Gasteiger partial charge in [-0.2, -0.15) is 0 Å². The summed E-state index contributed by atoms with van der Waals surface area (Å²) >= 11 is 0. The first-order chi connectivity index (χ1) is 15.8. The number of aryl methyl sites for hydroxylation is 2. The number of carbonyl (C=O) groups excluding carboxylic acids is 3. The summed E-state index contributed by atoms with van der Waals surface area (Å²) in [6.07, 6.45) is 1.52. The lowest BCUT2D eigenvalue weighted by Gasteiger charge is -2.34. The van der Waals surface area contributed by atoms with Gasteiger partial charge in [0.1, 0.15) is 17.7 Å². The lowest BCUT2D eigenvalue weighted by Crippen LogP contribution is -2.55. The number of carbonyl (C=O) groups is 3. The summed E-state index contributed by atoms with van der Waals surface area (Å²) in [5, 5.41) is 15.4. The number of benzene rings is 1. The van der Waals surface area contributed by atoms with E-state index in [0.717, 1.165) is 24.0 Å². The molecule has 8 nitrogen and oxygen atoms in total. The third kappa shape index (κ3) is 8.97. The molecule has 1 aromatic rings. The highest BCUT2D eigenvalue weighted by Crippen LogP contribution is 2.25. The van der Waals surface area contributed by atoms with Crippen molar-refractivity contribution in [3.05, 3.63) is 34.9 Å².